The lowest BCUT2D eigenvalue weighted by atomic mass is 10.1. The Bertz CT molecular complexity index is 380. The molecule has 1 rings (SSSR count). The summed E-state index contributed by atoms with van der Waals surface area (Å²) in [5.74, 6) is 0.606. The van der Waals surface area contributed by atoms with Gasteiger partial charge in [0.05, 0.1) is 10.5 Å². The van der Waals surface area contributed by atoms with Crippen molar-refractivity contribution in [2.45, 2.75) is 33.3 Å². The van der Waals surface area contributed by atoms with Gasteiger partial charge in [-0.25, -0.2) is 5.21 Å². The van der Waals surface area contributed by atoms with E-state index >= 15 is 0 Å². The lowest BCUT2D eigenvalue weighted by Crippen LogP contribution is -2.23. The lowest BCUT2D eigenvalue weighted by Gasteiger charge is -2.22. The zero-order chi connectivity index (χ0) is 11.6. The van der Waals surface area contributed by atoms with Crippen molar-refractivity contribution in [1.29, 1.82) is 0 Å². The molecule has 1 N–H and O–H groups in total. The Kier molecular flexibility index (Phi) is 2.98. The molecule has 82 valence electrons. The van der Waals surface area contributed by atoms with Crippen LogP contribution in [-0.2, 0) is 0 Å². The minimum absolute atomic E-state index is 0.148. The minimum atomic E-state index is -0.327. The van der Waals surface area contributed by atoms with Gasteiger partial charge in [0.2, 0.25) is 0 Å². The van der Waals surface area contributed by atoms with Crippen LogP contribution in [0.4, 0.5) is 5.69 Å². The fourth-order valence-corrected chi connectivity index (χ4v) is 1.25. The van der Waals surface area contributed by atoms with Crippen LogP contribution in [-0.4, -0.2) is 15.7 Å². The molecular weight excluding hydrogens is 194 g/mol. The molecule has 15 heavy (non-hydrogen) atoms. The van der Waals surface area contributed by atoms with E-state index in [2.05, 4.69) is 0 Å². The SMILES string of the molecule is Cc1c(OC(C)(C)C)cccc1[N+](=O)O. The fourth-order valence-electron chi connectivity index (χ4n) is 1.25. The molecule has 0 amide bonds. The van der Waals surface area contributed by atoms with Crippen LogP contribution in [0.1, 0.15) is 26.3 Å². The number of rotatable bonds is 2. The van der Waals surface area contributed by atoms with Crippen LogP contribution in [0.25, 0.3) is 0 Å². The van der Waals surface area contributed by atoms with Gasteiger partial charge >= 0.3 is 5.69 Å². The van der Waals surface area contributed by atoms with E-state index in [4.69, 9.17) is 9.94 Å². The second-order valence-corrected chi connectivity index (χ2v) is 4.39. The van der Waals surface area contributed by atoms with Crippen molar-refractivity contribution in [3.63, 3.8) is 0 Å². The number of nitrogens with zero attached hydrogens (tertiary/aromatic N) is 1. The minimum Gasteiger partial charge on any atom is -0.488 e. The molecule has 0 bridgehead atoms. The third kappa shape index (κ3) is 2.94. The van der Waals surface area contributed by atoms with Crippen LogP contribution >= 0.6 is 0 Å². The smallest absolute Gasteiger partial charge is 0.323 e. The van der Waals surface area contributed by atoms with Gasteiger partial charge in [0, 0.05) is 6.07 Å². The molecule has 0 spiro atoms. The van der Waals surface area contributed by atoms with E-state index in [1.165, 1.54) is 6.07 Å². The molecule has 0 unspecified atom stereocenters. The largest absolute Gasteiger partial charge is 0.488 e. The van der Waals surface area contributed by atoms with Crippen LogP contribution in [0, 0.1) is 11.8 Å². The lowest BCUT2D eigenvalue weighted by molar-refractivity contribution is -0.730. The molecule has 4 nitrogen and oxygen atoms in total. The first-order valence-corrected chi connectivity index (χ1v) is 4.76. The highest BCUT2D eigenvalue weighted by Gasteiger charge is 2.21. The van der Waals surface area contributed by atoms with Gasteiger partial charge in [-0.1, -0.05) is 6.07 Å². The van der Waals surface area contributed by atoms with Crippen LogP contribution < -0.4 is 4.74 Å². The molecule has 0 heterocycles. The van der Waals surface area contributed by atoms with Gasteiger partial charge in [-0.05, 0) is 33.8 Å². The molecular formula is C11H16NO3+. The molecule has 0 atom stereocenters. The van der Waals surface area contributed by atoms with E-state index in [1.807, 2.05) is 20.8 Å². The normalized spacial score (nSPS) is 11.2. The summed E-state index contributed by atoms with van der Waals surface area (Å²) in [5.41, 5.74) is 0.508. The van der Waals surface area contributed by atoms with E-state index in [0.29, 0.717) is 11.3 Å². The highest BCUT2D eigenvalue weighted by molar-refractivity contribution is 5.48. The Morgan fingerprint density at radius 3 is 2.40 bits per heavy atom. The maximum absolute atomic E-state index is 10.8. The van der Waals surface area contributed by atoms with Crippen LogP contribution in [0.5, 0.6) is 5.75 Å². The Morgan fingerprint density at radius 2 is 1.93 bits per heavy atom. The summed E-state index contributed by atoms with van der Waals surface area (Å²) >= 11 is 0. The summed E-state index contributed by atoms with van der Waals surface area (Å²) < 4.78 is 5.65. The van der Waals surface area contributed by atoms with Crippen LogP contribution in [0.15, 0.2) is 18.2 Å². The molecule has 0 aliphatic carbocycles. The van der Waals surface area contributed by atoms with Crippen molar-refractivity contribution in [2.24, 2.45) is 0 Å². The second-order valence-electron chi connectivity index (χ2n) is 4.39. The predicted molar refractivity (Wildman–Crippen MR) is 56.6 cm³/mol. The number of ether oxygens (including phenoxy) is 1. The van der Waals surface area contributed by atoms with Gasteiger partial charge in [0.25, 0.3) is 4.92 Å². The number of benzene rings is 1. The molecule has 0 aliphatic heterocycles. The molecule has 1 aromatic rings. The molecule has 0 aliphatic rings. The fraction of sp³-hybridized carbons (Fsp3) is 0.455. The maximum Gasteiger partial charge on any atom is 0.323 e. The molecule has 0 fully saturated rings. The van der Waals surface area contributed by atoms with Crippen molar-refractivity contribution in [1.82, 2.24) is 0 Å². The van der Waals surface area contributed by atoms with Gasteiger partial charge in [-0.15, -0.1) is 0 Å². The van der Waals surface area contributed by atoms with Gasteiger partial charge < -0.3 is 4.74 Å². The van der Waals surface area contributed by atoms with Crippen molar-refractivity contribution in [2.75, 3.05) is 0 Å². The summed E-state index contributed by atoms with van der Waals surface area (Å²) in [5, 5.41) is 8.85. The summed E-state index contributed by atoms with van der Waals surface area (Å²) in [6.07, 6.45) is 0. The maximum atomic E-state index is 10.8. The van der Waals surface area contributed by atoms with Crippen molar-refractivity contribution in [3.05, 3.63) is 28.7 Å². The number of hydrogen-bond acceptors (Lipinski definition) is 2. The monoisotopic (exact) mass is 210 g/mol. The zero-order valence-corrected chi connectivity index (χ0v) is 9.44. The van der Waals surface area contributed by atoms with Crippen molar-refractivity contribution in [3.8, 4) is 5.75 Å². The summed E-state index contributed by atoms with van der Waals surface area (Å²) in [6.45, 7) is 7.50. The zero-order valence-electron chi connectivity index (χ0n) is 9.44. The molecule has 1 aromatic carbocycles. The average molecular weight is 210 g/mol. The van der Waals surface area contributed by atoms with Crippen molar-refractivity contribution >= 4 is 5.69 Å². The molecule has 4 heteroatoms. The van der Waals surface area contributed by atoms with E-state index in [9.17, 15) is 4.91 Å². The first kappa shape index (κ1) is 11.5. The summed E-state index contributed by atoms with van der Waals surface area (Å²) in [6, 6.07) is 4.98. The molecule has 0 saturated heterocycles. The van der Waals surface area contributed by atoms with E-state index < -0.39 is 0 Å². The van der Waals surface area contributed by atoms with E-state index in [1.54, 1.807) is 19.1 Å². The van der Waals surface area contributed by atoms with Crippen molar-refractivity contribution < 1.29 is 14.9 Å². The number of hydrogen-bond donors (Lipinski definition) is 1. The van der Waals surface area contributed by atoms with E-state index in [-0.39, 0.29) is 16.2 Å². The van der Waals surface area contributed by atoms with Crippen LogP contribution in [0.2, 0.25) is 0 Å². The van der Waals surface area contributed by atoms with E-state index in [0.717, 1.165) is 0 Å². The third-order valence-corrected chi connectivity index (χ3v) is 1.88. The Labute approximate surface area is 89.0 Å². The molecule has 0 radical (unpaired) electrons. The highest BCUT2D eigenvalue weighted by atomic mass is 16.6. The van der Waals surface area contributed by atoms with Gasteiger partial charge in [-0.2, -0.15) is 0 Å². The first-order valence-electron chi connectivity index (χ1n) is 4.76. The molecule has 0 saturated carbocycles. The Morgan fingerprint density at radius 1 is 1.33 bits per heavy atom. The summed E-state index contributed by atoms with van der Waals surface area (Å²) in [7, 11) is 0. The molecule has 0 aromatic heterocycles. The standard InChI is InChI=1S/C11H16NO3/c1-8-9(12(13)14)6-5-7-10(8)15-11(2,3)4/h5-7H,1-4H3,(H,13,14)/q+1. The first-order chi connectivity index (χ1) is 6.81. The second kappa shape index (κ2) is 3.88. The highest BCUT2D eigenvalue weighted by Crippen LogP contribution is 2.29. The van der Waals surface area contributed by atoms with Gasteiger partial charge in [0.1, 0.15) is 11.4 Å². The third-order valence-electron chi connectivity index (χ3n) is 1.88. The van der Waals surface area contributed by atoms with Gasteiger partial charge in [-0.3, -0.25) is 0 Å². The Hall–Kier alpha value is -1.58. The summed E-state index contributed by atoms with van der Waals surface area (Å²) in [4.78, 5) is 10.7. The van der Waals surface area contributed by atoms with Gasteiger partial charge in [0.15, 0.2) is 0 Å². The van der Waals surface area contributed by atoms with Crippen LogP contribution in [0.3, 0.4) is 0 Å². The predicted octanol–water partition coefficient (Wildman–Crippen LogP) is 2.97. The average Bonchev–Trinajstić information content (AvgIpc) is 2.05. The quantitative estimate of drug-likeness (QED) is 0.763. The topological polar surface area (TPSA) is 49.5 Å². The Balaban J connectivity index is 3.10.